The highest BCUT2D eigenvalue weighted by molar-refractivity contribution is 5.90. The highest BCUT2D eigenvalue weighted by Crippen LogP contribution is 2.18. The van der Waals surface area contributed by atoms with Crippen molar-refractivity contribution in [1.29, 1.82) is 0 Å². The van der Waals surface area contributed by atoms with Gasteiger partial charge in [-0.05, 0) is 43.0 Å². The maximum absolute atomic E-state index is 11.3. The van der Waals surface area contributed by atoms with E-state index in [1.54, 1.807) is 6.07 Å². The van der Waals surface area contributed by atoms with E-state index in [0.29, 0.717) is 18.4 Å². The van der Waals surface area contributed by atoms with Crippen molar-refractivity contribution in [3.63, 3.8) is 0 Å². The number of hydrogen-bond acceptors (Lipinski definition) is 3. The lowest BCUT2D eigenvalue weighted by Gasteiger charge is -2.11. The number of nitrogens with one attached hydrogen (secondary N) is 1. The molecule has 1 aromatic carbocycles. The van der Waals surface area contributed by atoms with Gasteiger partial charge in [-0.2, -0.15) is 0 Å². The average molecular weight is 420 g/mol. The van der Waals surface area contributed by atoms with Crippen molar-refractivity contribution in [2.24, 2.45) is 0 Å². The Balaban J connectivity index is 2.03. The van der Waals surface area contributed by atoms with Gasteiger partial charge in [0.2, 0.25) is 0 Å². The first-order chi connectivity index (χ1) is 14.7. The molecular formula is C26H45NO3. The molecule has 0 fully saturated rings. The lowest BCUT2D eigenvalue weighted by Crippen LogP contribution is -2.06. The number of carbonyl (C=O) groups is 1. The van der Waals surface area contributed by atoms with Crippen LogP contribution in [0.5, 0.6) is 0 Å². The number of aryl methyl sites for hydroxylation is 1. The molecule has 0 aliphatic rings. The lowest BCUT2D eigenvalue weighted by molar-refractivity contribution is 0.0695. The number of anilines is 1. The summed E-state index contributed by atoms with van der Waals surface area (Å²) in [4.78, 5) is 11.3. The van der Waals surface area contributed by atoms with Crippen molar-refractivity contribution in [3.05, 3.63) is 29.3 Å². The predicted molar refractivity (Wildman–Crippen MR) is 128 cm³/mol. The Kier molecular flexibility index (Phi) is 16.1. The summed E-state index contributed by atoms with van der Waals surface area (Å²) in [6, 6.07) is 5.43. The van der Waals surface area contributed by atoms with Gasteiger partial charge >= 0.3 is 5.97 Å². The first-order valence-electron chi connectivity index (χ1n) is 12.4. The summed E-state index contributed by atoms with van der Waals surface area (Å²) in [5.74, 6) is -0.901. The van der Waals surface area contributed by atoms with Crippen LogP contribution >= 0.6 is 0 Å². The quantitative estimate of drug-likeness (QED) is 0.195. The molecule has 0 aliphatic carbocycles. The third-order valence-corrected chi connectivity index (χ3v) is 5.80. The number of carboxylic acid groups (broad SMARTS) is 1. The molecule has 0 saturated carbocycles. The fourth-order valence-corrected chi connectivity index (χ4v) is 3.94. The van der Waals surface area contributed by atoms with Crippen LogP contribution in [0.25, 0.3) is 0 Å². The molecule has 0 aromatic heterocycles. The molecular weight excluding hydrogens is 374 g/mol. The van der Waals surface area contributed by atoms with E-state index in [2.05, 4.69) is 12.2 Å². The number of hydrogen-bond donors (Lipinski definition) is 3. The van der Waals surface area contributed by atoms with Gasteiger partial charge in [-0.3, -0.25) is 0 Å². The zero-order valence-electron chi connectivity index (χ0n) is 19.3. The second kappa shape index (κ2) is 18.2. The van der Waals surface area contributed by atoms with Gasteiger partial charge in [-0.15, -0.1) is 0 Å². The maximum atomic E-state index is 11.3. The number of aromatic carboxylic acids is 1. The van der Waals surface area contributed by atoms with Crippen LogP contribution in [0, 0.1) is 0 Å². The zero-order chi connectivity index (χ0) is 21.9. The van der Waals surface area contributed by atoms with E-state index in [9.17, 15) is 9.90 Å². The Morgan fingerprint density at radius 3 is 1.83 bits per heavy atom. The van der Waals surface area contributed by atoms with Gasteiger partial charge in [-0.1, -0.05) is 90.4 Å². The van der Waals surface area contributed by atoms with Gasteiger partial charge < -0.3 is 15.5 Å². The van der Waals surface area contributed by atoms with Gasteiger partial charge in [0.25, 0.3) is 0 Å². The molecule has 1 rings (SSSR count). The molecule has 0 saturated heterocycles. The van der Waals surface area contributed by atoms with E-state index in [4.69, 9.17) is 5.11 Å². The van der Waals surface area contributed by atoms with Gasteiger partial charge in [-0.25, -0.2) is 4.79 Å². The fraction of sp³-hybridized carbons (Fsp3) is 0.731. The molecule has 0 amide bonds. The summed E-state index contributed by atoms with van der Waals surface area (Å²) in [5, 5.41) is 21.7. The number of aliphatic hydroxyl groups is 1. The highest BCUT2D eigenvalue weighted by atomic mass is 16.4. The predicted octanol–water partition coefficient (Wildman–Crippen LogP) is 7.20. The Morgan fingerprint density at radius 1 is 0.800 bits per heavy atom. The molecule has 172 valence electrons. The highest BCUT2D eigenvalue weighted by Gasteiger charge is 2.10. The first kappa shape index (κ1) is 26.5. The van der Waals surface area contributed by atoms with Crippen LogP contribution in [0.15, 0.2) is 18.2 Å². The third kappa shape index (κ3) is 12.9. The van der Waals surface area contributed by atoms with Crippen molar-refractivity contribution in [2.45, 2.75) is 110 Å². The summed E-state index contributed by atoms with van der Waals surface area (Å²) in [7, 11) is 0. The summed E-state index contributed by atoms with van der Waals surface area (Å²) in [6.45, 7) is 3.27. The standard InChI is InChI=1S/C26H45NO3/c1-2-3-4-5-6-7-8-9-10-11-12-13-14-15-20-27-24-18-19-25(26(29)30)23(22-24)17-16-21-28/h18-19,22,27-28H,2-17,20-21H2,1H3,(H,29,30). The molecule has 0 spiro atoms. The molecule has 0 atom stereocenters. The molecule has 0 radical (unpaired) electrons. The first-order valence-corrected chi connectivity index (χ1v) is 12.4. The van der Waals surface area contributed by atoms with Crippen LogP contribution in [0.4, 0.5) is 5.69 Å². The Morgan fingerprint density at radius 2 is 1.33 bits per heavy atom. The lowest BCUT2D eigenvalue weighted by atomic mass is 10.0. The number of carboxylic acids is 1. The van der Waals surface area contributed by atoms with Gasteiger partial charge in [0.15, 0.2) is 0 Å². The van der Waals surface area contributed by atoms with Gasteiger partial charge in [0.05, 0.1) is 5.56 Å². The Labute approximate surface area is 184 Å². The number of benzene rings is 1. The second-order valence-corrected chi connectivity index (χ2v) is 8.53. The Hall–Kier alpha value is -1.55. The minimum Gasteiger partial charge on any atom is -0.478 e. The Bertz CT molecular complexity index is 559. The number of aliphatic hydroxyl groups excluding tert-OH is 1. The second-order valence-electron chi connectivity index (χ2n) is 8.53. The van der Waals surface area contributed by atoms with Crippen LogP contribution in [0.3, 0.4) is 0 Å². The smallest absolute Gasteiger partial charge is 0.335 e. The molecule has 4 heteroatoms. The van der Waals surface area contributed by atoms with Crippen molar-refractivity contribution in [2.75, 3.05) is 18.5 Å². The zero-order valence-corrected chi connectivity index (χ0v) is 19.3. The normalized spacial score (nSPS) is 11.0. The largest absolute Gasteiger partial charge is 0.478 e. The minimum atomic E-state index is -0.901. The molecule has 0 unspecified atom stereocenters. The van der Waals surface area contributed by atoms with Crippen molar-refractivity contribution >= 4 is 11.7 Å². The van der Waals surface area contributed by atoms with E-state index in [-0.39, 0.29) is 6.61 Å². The van der Waals surface area contributed by atoms with E-state index < -0.39 is 5.97 Å². The molecule has 30 heavy (non-hydrogen) atoms. The van der Waals surface area contributed by atoms with Crippen LogP contribution in [-0.4, -0.2) is 29.3 Å². The average Bonchev–Trinajstić information content (AvgIpc) is 2.74. The summed E-state index contributed by atoms with van der Waals surface area (Å²) in [6.07, 6.45) is 20.2. The molecule has 4 nitrogen and oxygen atoms in total. The van der Waals surface area contributed by atoms with Crippen molar-refractivity contribution < 1.29 is 15.0 Å². The summed E-state index contributed by atoms with van der Waals surface area (Å²) in [5.41, 5.74) is 2.11. The van der Waals surface area contributed by atoms with E-state index in [0.717, 1.165) is 24.2 Å². The van der Waals surface area contributed by atoms with Gasteiger partial charge in [0.1, 0.15) is 0 Å². The van der Waals surface area contributed by atoms with Crippen LogP contribution < -0.4 is 5.32 Å². The van der Waals surface area contributed by atoms with Crippen LogP contribution in [0.1, 0.15) is 119 Å². The molecule has 0 heterocycles. The monoisotopic (exact) mass is 419 g/mol. The fourth-order valence-electron chi connectivity index (χ4n) is 3.94. The topological polar surface area (TPSA) is 69.6 Å². The molecule has 0 bridgehead atoms. The van der Waals surface area contributed by atoms with E-state index in [1.165, 1.54) is 83.5 Å². The molecule has 0 aliphatic heterocycles. The van der Waals surface area contributed by atoms with Crippen LogP contribution in [-0.2, 0) is 6.42 Å². The molecule has 1 aromatic rings. The van der Waals surface area contributed by atoms with Crippen molar-refractivity contribution in [3.8, 4) is 0 Å². The van der Waals surface area contributed by atoms with E-state index >= 15 is 0 Å². The van der Waals surface area contributed by atoms with Crippen molar-refractivity contribution in [1.82, 2.24) is 0 Å². The SMILES string of the molecule is CCCCCCCCCCCCCCCCNc1ccc(C(=O)O)c(CCCO)c1. The van der Waals surface area contributed by atoms with Gasteiger partial charge in [0, 0.05) is 18.8 Å². The van der Waals surface area contributed by atoms with Crippen LogP contribution in [0.2, 0.25) is 0 Å². The summed E-state index contributed by atoms with van der Waals surface area (Å²) < 4.78 is 0. The summed E-state index contributed by atoms with van der Waals surface area (Å²) >= 11 is 0. The number of rotatable bonds is 20. The number of unbranched alkanes of at least 4 members (excludes halogenated alkanes) is 13. The molecule has 3 N–H and O–H groups in total. The van der Waals surface area contributed by atoms with E-state index in [1.807, 2.05) is 12.1 Å². The third-order valence-electron chi connectivity index (χ3n) is 5.80. The minimum absolute atomic E-state index is 0.0791. The maximum Gasteiger partial charge on any atom is 0.335 e.